The number of para-hydroxylation sites is 1. The van der Waals surface area contributed by atoms with Crippen molar-refractivity contribution in [3.8, 4) is 0 Å². The fraction of sp³-hybridized carbons (Fsp3) is 0.143. The molecule has 20 heavy (non-hydrogen) atoms. The van der Waals surface area contributed by atoms with Crippen LogP contribution in [0.2, 0.25) is 0 Å². The van der Waals surface area contributed by atoms with E-state index in [1.54, 1.807) is 0 Å². The number of hydrazine groups is 1. The van der Waals surface area contributed by atoms with Gasteiger partial charge in [0.1, 0.15) is 5.82 Å². The third-order valence-corrected chi connectivity index (χ3v) is 3.85. The molecule has 0 atom stereocenters. The Morgan fingerprint density at radius 3 is 2.40 bits per heavy atom. The van der Waals surface area contributed by atoms with Crippen LogP contribution in [0.1, 0.15) is 5.56 Å². The quantitative estimate of drug-likeness (QED) is 0.831. The highest BCUT2D eigenvalue weighted by atomic mass is 32.2. The fourth-order valence-corrected chi connectivity index (χ4v) is 2.30. The van der Waals surface area contributed by atoms with Crippen LogP contribution >= 0.6 is 0 Å². The number of hydrogen-bond donors (Lipinski definition) is 2. The standard InChI is InChI=1S/C14H15FN2O2S/c1-20(18,19)13-8-7-11(14(15)9-13)10-16-17-12-5-3-2-4-6-12/h2-9,16-17H,10H2,1H3. The minimum Gasteiger partial charge on any atom is -0.321 e. The van der Waals surface area contributed by atoms with Gasteiger partial charge in [-0.05, 0) is 24.3 Å². The van der Waals surface area contributed by atoms with E-state index in [4.69, 9.17) is 0 Å². The van der Waals surface area contributed by atoms with E-state index < -0.39 is 15.7 Å². The third-order valence-electron chi connectivity index (χ3n) is 2.74. The van der Waals surface area contributed by atoms with Crippen molar-refractivity contribution in [1.82, 2.24) is 5.43 Å². The molecular weight excluding hydrogens is 279 g/mol. The summed E-state index contributed by atoms with van der Waals surface area (Å²) in [5, 5.41) is 0. The summed E-state index contributed by atoms with van der Waals surface area (Å²) in [6.07, 6.45) is 1.05. The number of halogens is 1. The van der Waals surface area contributed by atoms with Gasteiger partial charge in [-0.25, -0.2) is 18.2 Å². The topological polar surface area (TPSA) is 58.2 Å². The van der Waals surface area contributed by atoms with Crippen molar-refractivity contribution in [2.45, 2.75) is 11.4 Å². The summed E-state index contributed by atoms with van der Waals surface area (Å²) in [6, 6.07) is 13.3. The van der Waals surface area contributed by atoms with Crippen LogP contribution in [-0.4, -0.2) is 14.7 Å². The predicted octanol–water partition coefficient (Wildman–Crippen LogP) is 2.35. The lowest BCUT2D eigenvalue weighted by molar-refractivity contribution is 0.586. The summed E-state index contributed by atoms with van der Waals surface area (Å²) >= 11 is 0. The van der Waals surface area contributed by atoms with E-state index in [2.05, 4.69) is 10.9 Å². The minimum atomic E-state index is -3.38. The first-order valence-corrected chi connectivity index (χ1v) is 7.88. The number of nitrogens with one attached hydrogen (secondary N) is 2. The molecule has 0 unspecified atom stereocenters. The van der Waals surface area contributed by atoms with Gasteiger partial charge in [-0.15, -0.1) is 0 Å². The first-order chi connectivity index (χ1) is 9.47. The number of sulfone groups is 1. The van der Waals surface area contributed by atoms with Crippen LogP contribution < -0.4 is 10.9 Å². The van der Waals surface area contributed by atoms with E-state index in [1.807, 2.05) is 30.3 Å². The van der Waals surface area contributed by atoms with Crippen molar-refractivity contribution in [2.24, 2.45) is 0 Å². The Kier molecular flexibility index (Phi) is 4.36. The van der Waals surface area contributed by atoms with Gasteiger partial charge in [-0.2, -0.15) is 0 Å². The second-order valence-electron chi connectivity index (χ2n) is 4.37. The van der Waals surface area contributed by atoms with E-state index in [0.29, 0.717) is 5.56 Å². The zero-order chi connectivity index (χ0) is 14.6. The van der Waals surface area contributed by atoms with Crippen LogP contribution in [0.5, 0.6) is 0 Å². The molecule has 2 aromatic carbocycles. The van der Waals surface area contributed by atoms with Gasteiger partial charge in [0.15, 0.2) is 9.84 Å². The molecule has 0 aliphatic carbocycles. The van der Waals surface area contributed by atoms with Gasteiger partial charge in [0.2, 0.25) is 0 Å². The summed E-state index contributed by atoms with van der Waals surface area (Å²) in [7, 11) is -3.38. The lowest BCUT2D eigenvalue weighted by Crippen LogP contribution is -2.21. The highest BCUT2D eigenvalue weighted by molar-refractivity contribution is 7.90. The van der Waals surface area contributed by atoms with Gasteiger partial charge < -0.3 is 5.43 Å². The Bertz CT molecular complexity index is 688. The van der Waals surface area contributed by atoms with Gasteiger partial charge in [-0.3, -0.25) is 0 Å². The Morgan fingerprint density at radius 1 is 1.10 bits per heavy atom. The summed E-state index contributed by atoms with van der Waals surface area (Å²) in [4.78, 5) is -0.0187. The van der Waals surface area contributed by atoms with Gasteiger partial charge >= 0.3 is 0 Å². The van der Waals surface area contributed by atoms with Crippen LogP contribution in [0.3, 0.4) is 0 Å². The average Bonchev–Trinajstić information content (AvgIpc) is 2.40. The molecule has 0 amide bonds. The monoisotopic (exact) mass is 294 g/mol. The Balaban J connectivity index is 2.00. The molecule has 0 aromatic heterocycles. The molecule has 0 aliphatic heterocycles. The maximum absolute atomic E-state index is 13.8. The lowest BCUT2D eigenvalue weighted by atomic mass is 10.2. The Morgan fingerprint density at radius 2 is 1.80 bits per heavy atom. The highest BCUT2D eigenvalue weighted by Crippen LogP contribution is 2.14. The summed E-state index contributed by atoms with van der Waals surface area (Å²) < 4.78 is 36.4. The molecule has 0 saturated carbocycles. The largest absolute Gasteiger partial charge is 0.321 e. The molecule has 0 fully saturated rings. The molecule has 6 heteroatoms. The van der Waals surface area contributed by atoms with Crippen LogP contribution in [0.4, 0.5) is 10.1 Å². The molecule has 0 bridgehead atoms. The summed E-state index contributed by atoms with van der Waals surface area (Å²) in [5.74, 6) is -0.546. The number of rotatable bonds is 5. The van der Waals surface area contributed by atoms with E-state index >= 15 is 0 Å². The van der Waals surface area contributed by atoms with Gasteiger partial charge in [0.25, 0.3) is 0 Å². The van der Waals surface area contributed by atoms with E-state index in [0.717, 1.165) is 18.0 Å². The normalized spacial score (nSPS) is 11.3. The predicted molar refractivity (Wildman–Crippen MR) is 76.4 cm³/mol. The fourth-order valence-electron chi connectivity index (χ4n) is 1.67. The highest BCUT2D eigenvalue weighted by Gasteiger charge is 2.10. The van der Waals surface area contributed by atoms with E-state index in [-0.39, 0.29) is 11.4 Å². The zero-order valence-electron chi connectivity index (χ0n) is 10.9. The molecule has 0 saturated heterocycles. The maximum atomic E-state index is 13.8. The molecule has 2 N–H and O–H groups in total. The lowest BCUT2D eigenvalue weighted by Gasteiger charge is -2.09. The van der Waals surface area contributed by atoms with Crippen molar-refractivity contribution in [1.29, 1.82) is 0 Å². The van der Waals surface area contributed by atoms with Crippen molar-refractivity contribution in [3.05, 3.63) is 59.9 Å². The van der Waals surface area contributed by atoms with Crippen molar-refractivity contribution in [3.63, 3.8) is 0 Å². The molecule has 106 valence electrons. The Labute approximate surface area is 117 Å². The first-order valence-electron chi connectivity index (χ1n) is 5.99. The zero-order valence-corrected chi connectivity index (χ0v) is 11.7. The molecule has 2 aromatic rings. The molecule has 0 heterocycles. The summed E-state index contributed by atoms with van der Waals surface area (Å²) in [5.41, 5.74) is 7.06. The van der Waals surface area contributed by atoms with Crippen LogP contribution in [0.15, 0.2) is 53.4 Å². The minimum absolute atomic E-state index is 0.0187. The second kappa shape index (κ2) is 6.02. The average molecular weight is 294 g/mol. The Hall–Kier alpha value is -1.92. The van der Waals surface area contributed by atoms with E-state index in [1.165, 1.54) is 12.1 Å². The van der Waals surface area contributed by atoms with Gasteiger partial charge in [0, 0.05) is 24.1 Å². The molecule has 2 rings (SSSR count). The van der Waals surface area contributed by atoms with E-state index in [9.17, 15) is 12.8 Å². The third kappa shape index (κ3) is 3.79. The van der Waals surface area contributed by atoms with Crippen molar-refractivity contribution < 1.29 is 12.8 Å². The SMILES string of the molecule is CS(=O)(=O)c1ccc(CNNc2ccccc2)c(F)c1. The maximum Gasteiger partial charge on any atom is 0.175 e. The number of anilines is 1. The second-order valence-corrected chi connectivity index (χ2v) is 6.39. The van der Waals surface area contributed by atoms with Crippen molar-refractivity contribution in [2.75, 3.05) is 11.7 Å². The van der Waals surface area contributed by atoms with Crippen LogP contribution in [0.25, 0.3) is 0 Å². The molecule has 0 aliphatic rings. The number of hydrogen-bond acceptors (Lipinski definition) is 4. The molecule has 4 nitrogen and oxygen atoms in total. The molecule has 0 spiro atoms. The number of benzene rings is 2. The van der Waals surface area contributed by atoms with Gasteiger partial charge in [0.05, 0.1) is 4.90 Å². The summed E-state index contributed by atoms with van der Waals surface area (Å²) in [6.45, 7) is 0.241. The smallest absolute Gasteiger partial charge is 0.175 e. The van der Waals surface area contributed by atoms with Crippen molar-refractivity contribution >= 4 is 15.5 Å². The van der Waals surface area contributed by atoms with Crippen LogP contribution in [-0.2, 0) is 16.4 Å². The van der Waals surface area contributed by atoms with Gasteiger partial charge in [-0.1, -0.05) is 24.3 Å². The molecule has 0 radical (unpaired) electrons. The molecular formula is C14H15FN2O2S. The van der Waals surface area contributed by atoms with Crippen LogP contribution in [0, 0.1) is 5.82 Å². The first kappa shape index (κ1) is 14.5.